The van der Waals surface area contributed by atoms with E-state index in [0.29, 0.717) is 29.9 Å². The standard InChI is InChI=1S/C27H35N3O5/c1-7-29(8-2)14-15-30-23(19-12-10-16(4)11-13-19)21(25(32)26(30)33)24(31)20-17(5)22(28-18(20)6)27(34)35-9-3/h10-13,23,28,31H,7-9,14-15H2,1-6H3. The summed E-state index contributed by atoms with van der Waals surface area (Å²) in [4.78, 5) is 45.6. The average molecular weight is 482 g/mol. The minimum atomic E-state index is -0.731. The lowest BCUT2D eigenvalue weighted by molar-refractivity contribution is -0.140. The lowest BCUT2D eigenvalue weighted by atomic mass is 9.93. The first-order chi connectivity index (χ1) is 16.7. The number of ketones is 1. The maximum atomic E-state index is 13.3. The molecular weight excluding hydrogens is 446 g/mol. The van der Waals surface area contributed by atoms with Gasteiger partial charge < -0.3 is 24.6 Å². The maximum absolute atomic E-state index is 13.3. The summed E-state index contributed by atoms with van der Waals surface area (Å²) in [7, 11) is 0. The van der Waals surface area contributed by atoms with E-state index in [0.717, 1.165) is 24.2 Å². The number of Topliss-reactive ketones (excluding diaryl/α,β-unsaturated/α-hetero) is 1. The zero-order chi connectivity index (χ0) is 25.9. The molecule has 3 rings (SSSR count). The van der Waals surface area contributed by atoms with Crippen molar-refractivity contribution >= 4 is 23.4 Å². The monoisotopic (exact) mass is 481 g/mol. The van der Waals surface area contributed by atoms with Crippen LogP contribution in [-0.2, 0) is 14.3 Å². The molecule has 1 aliphatic heterocycles. The van der Waals surface area contributed by atoms with E-state index in [1.165, 1.54) is 0 Å². The van der Waals surface area contributed by atoms with Crippen molar-refractivity contribution in [3.8, 4) is 0 Å². The van der Waals surface area contributed by atoms with Gasteiger partial charge in [-0.2, -0.15) is 0 Å². The second-order valence-corrected chi connectivity index (χ2v) is 8.78. The number of H-pyrrole nitrogens is 1. The van der Waals surface area contributed by atoms with Crippen LogP contribution in [0, 0.1) is 20.8 Å². The Labute approximate surface area is 206 Å². The molecule has 1 fully saturated rings. The summed E-state index contributed by atoms with van der Waals surface area (Å²) >= 11 is 0. The fourth-order valence-electron chi connectivity index (χ4n) is 4.64. The van der Waals surface area contributed by atoms with Crippen LogP contribution in [0.4, 0.5) is 0 Å². The van der Waals surface area contributed by atoms with E-state index in [4.69, 9.17) is 4.74 Å². The molecule has 2 heterocycles. The largest absolute Gasteiger partial charge is 0.507 e. The van der Waals surface area contributed by atoms with Crippen molar-refractivity contribution in [3.05, 3.63) is 63.5 Å². The number of carbonyl (C=O) groups is 3. The topological polar surface area (TPSA) is 103 Å². The molecule has 1 amide bonds. The van der Waals surface area contributed by atoms with Crippen molar-refractivity contribution in [1.82, 2.24) is 14.8 Å². The van der Waals surface area contributed by atoms with Crippen molar-refractivity contribution in [2.75, 3.05) is 32.8 Å². The van der Waals surface area contributed by atoms with Crippen LogP contribution in [0.3, 0.4) is 0 Å². The van der Waals surface area contributed by atoms with Crippen LogP contribution in [0.2, 0.25) is 0 Å². The highest BCUT2D eigenvalue weighted by molar-refractivity contribution is 6.46. The van der Waals surface area contributed by atoms with Crippen molar-refractivity contribution in [3.63, 3.8) is 0 Å². The zero-order valence-electron chi connectivity index (χ0n) is 21.4. The molecule has 1 aromatic carbocycles. The molecule has 188 valence electrons. The van der Waals surface area contributed by atoms with Gasteiger partial charge in [0, 0.05) is 24.3 Å². The van der Waals surface area contributed by atoms with Crippen LogP contribution >= 0.6 is 0 Å². The number of amides is 1. The summed E-state index contributed by atoms with van der Waals surface area (Å²) in [5.41, 5.74) is 3.35. The number of carbonyl (C=O) groups excluding carboxylic acids is 3. The molecule has 0 aliphatic carbocycles. The Bertz CT molecular complexity index is 1140. The number of likely N-dealkylation sites (N-methyl/N-ethyl adjacent to an activating group) is 1. The number of hydrogen-bond donors (Lipinski definition) is 2. The number of likely N-dealkylation sites (tertiary alicyclic amines) is 1. The van der Waals surface area contributed by atoms with Crippen LogP contribution in [0.1, 0.15) is 65.2 Å². The third-order valence-corrected chi connectivity index (χ3v) is 6.64. The Morgan fingerprint density at radius 3 is 2.29 bits per heavy atom. The minimum absolute atomic E-state index is 0.0269. The van der Waals surface area contributed by atoms with Crippen molar-refractivity contribution in [2.24, 2.45) is 0 Å². The molecule has 8 heteroatoms. The van der Waals surface area contributed by atoms with Gasteiger partial charge in [0.05, 0.1) is 18.2 Å². The quantitative estimate of drug-likeness (QED) is 0.244. The Kier molecular flexibility index (Phi) is 8.17. The summed E-state index contributed by atoms with van der Waals surface area (Å²) in [5, 5.41) is 11.5. The van der Waals surface area contributed by atoms with Gasteiger partial charge in [-0.15, -0.1) is 0 Å². The summed E-state index contributed by atoms with van der Waals surface area (Å²) < 4.78 is 5.11. The molecule has 1 aliphatic rings. The fraction of sp³-hybridized carbons (Fsp3) is 0.444. The van der Waals surface area contributed by atoms with Gasteiger partial charge in [0.1, 0.15) is 11.5 Å². The smallest absolute Gasteiger partial charge is 0.355 e. The molecule has 0 bridgehead atoms. The molecule has 2 aromatic rings. The Morgan fingerprint density at radius 1 is 1.09 bits per heavy atom. The van der Waals surface area contributed by atoms with Gasteiger partial charge in [-0.1, -0.05) is 43.7 Å². The summed E-state index contributed by atoms with van der Waals surface area (Å²) in [5.74, 6) is -2.20. The zero-order valence-corrected chi connectivity index (χ0v) is 21.4. The first-order valence-electron chi connectivity index (χ1n) is 12.1. The number of esters is 1. The molecule has 1 aromatic heterocycles. The molecule has 2 N–H and O–H groups in total. The van der Waals surface area contributed by atoms with E-state index in [1.54, 1.807) is 25.7 Å². The maximum Gasteiger partial charge on any atom is 0.355 e. The first kappa shape index (κ1) is 26.2. The van der Waals surface area contributed by atoms with Gasteiger partial charge in [0.2, 0.25) is 0 Å². The van der Waals surface area contributed by atoms with Crippen molar-refractivity contribution < 1.29 is 24.2 Å². The predicted molar refractivity (Wildman–Crippen MR) is 134 cm³/mol. The number of aliphatic hydroxyl groups is 1. The van der Waals surface area contributed by atoms with Gasteiger partial charge in [-0.05, 0) is 51.9 Å². The number of aromatic amines is 1. The third kappa shape index (κ3) is 5.03. The Morgan fingerprint density at radius 2 is 1.71 bits per heavy atom. The van der Waals surface area contributed by atoms with Crippen LogP contribution in [-0.4, -0.2) is 70.3 Å². The van der Waals surface area contributed by atoms with Crippen LogP contribution < -0.4 is 0 Å². The van der Waals surface area contributed by atoms with E-state index in [-0.39, 0.29) is 23.6 Å². The molecular formula is C27H35N3O5. The normalized spacial score (nSPS) is 17.5. The summed E-state index contributed by atoms with van der Waals surface area (Å²) in [6.45, 7) is 14.0. The average Bonchev–Trinajstić information content (AvgIpc) is 3.27. The molecule has 35 heavy (non-hydrogen) atoms. The van der Waals surface area contributed by atoms with Crippen LogP contribution in [0.15, 0.2) is 29.8 Å². The molecule has 1 atom stereocenters. The van der Waals surface area contributed by atoms with Gasteiger partial charge >= 0.3 is 5.97 Å². The van der Waals surface area contributed by atoms with Crippen LogP contribution in [0.25, 0.3) is 5.76 Å². The van der Waals surface area contributed by atoms with E-state index in [2.05, 4.69) is 9.88 Å². The van der Waals surface area contributed by atoms with Gasteiger partial charge in [-0.3, -0.25) is 9.59 Å². The lowest BCUT2D eigenvalue weighted by Crippen LogP contribution is -2.38. The number of hydrogen-bond acceptors (Lipinski definition) is 6. The van der Waals surface area contributed by atoms with Gasteiger partial charge in [-0.25, -0.2) is 4.79 Å². The Balaban J connectivity index is 2.16. The molecule has 0 radical (unpaired) electrons. The number of aryl methyl sites for hydroxylation is 2. The number of aromatic nitrogens is 1. The van der Waals surface area contributed by atoms with Gasteiger partial charge in [0.25, 0.3) is 11.7 Å². The number of benzene rings is 1. The number of rotatable bonds is 9. The second-order valence-electron chi connectivity index (χ2n) is 8.78. The van der Waals surface area contributed by atoms with Crippen molar-refractivity contribution in [2.45, 2.75) is 47.6 Å². The minimum Gasteiger partial charge on any atom is -0.507 e. The molecule has 8 nitrogen and oxygen atoms in total. The number of aliphatic hydroxyl groups excluding tert-OH is 1. The highest BCUT2D eigenvalue weighted by Crippen LogP contribution is 2.40. The second kappa shape index (κ2) is 10.9. The van der Waals surface area contributed by atoms with Crippen molar-refractivity contribution in [1.29, 1.82) is 0 Å². The van der Waals surface area contributed by atoms with Gasteiger partial charge in [0.15, 0.2) is 0 Å². The molecule has 1 unspecified atom stereocenters. The highest BCUT2D eigenvalue weighted by Gasteiger charge is 2.46. The number of nitrogens with one attached hydrogen (secondary N) is 1. The third-order valence-electron chi connectivity index (χ3n) is 6.64. The summed E-state index contributed by atoms with van der Waals surface area (Å²) in [6.07, 6.45) is 0. The first-order valence-corrected chi connectivity index (χ1v) is 12.1. The van der Waals surface area contributed by atoms with E-state index >= 15 is 0 Å². The lowest BCUT2D eigenvalue weighted by Gasteiger charge is -2.28. The van der Waals surface area contributed by atoms with E-state index < -0.39 is 23.7 Å². The number of ether oxygens (including phenoxy) is 1. The Hall–Kier alpha value is -3.39. The SMILES string of the molecule is CCOC(=O)c1[nH]c(C)c(C(O)=C2C(=O)C(=O)N(CCN(CC)CC)C2c2ccc(C)cc2)c1C. The predicted octanol–water partition coefficient (Wildman–Crippen LogP) is 3.88. The summed E-state index contributed by atoms with van der Waals surface area (Å²) in [6, 6.07) is 6.87. The fourth-order valence-corrected chi connectivity index (χ4v) is 4.64. The van der Waals surface area contributed by atoms with E-state index in [9.17, 15) is 19.5 Å². The molecule has 0 spiro atoms. The molecule has 0 saturated carbocycles. The highest BCUT2D eigenvalue weighted by atomic mass is 16.5. The van der Waals surface area contributed by atoms with Crippen LogP contribution in [0.5, 0.6) is 0 Å². The molecule has 1 saturated heterocycles. The van der Waals surface area contributed by atoms with E-state index in [1.807, 2.05) is 45.0 Å². The number of nitrogens with zero attached hydrogens (tertiary/aromatic N) is 2.